The van der Waals surface area contributed by atoms with Gasteiger partial charge in [-0.3, -0.25) is 4.90 Å². The molecule has 0 radical (unpaired) electrons. The van der Waals surface area contributed by atoms with E-state index < -0.39 is 0 Å². The molecule has 5 rings (SSSR count). The Balaban J connectivity index is 0.000000297. The Kier molecular flexibility index (Phi) is 13.2. The highest BCUT2D eigenvalue weighted by atomic mass is 35.5. The Morgan fingerprint density at radius 1 is 1.04 bits per heavy atom. The van der Waals surface area contributed by atoms with E-state index >= 15 is 0 Å². The number of fused-ring (bicyclic) bond motifs is 1. The summed E-state index contributed by atoms with van der Waals surface area (Å²) in [5.74, 6) is 2.59. The molecule has 2 aliphatic rings. The van der Waals surface area contributed by atoms with Crippen LogP contribution in [-0.2, 0) is 22.4 Å². The van der Waals surface area contributed by atoms with Gasteiger partial charge in [0.2, 0.25) is 6.79 Å². The molecule has 7 heteroatoms. The summed E-state index contributed by atoms with van der Waals surface area (Å²) >= 11 is 6.01. The maximum Gasteiger partial charge on any atom is 0.231 e. The van der Waals surface area contributed by atoms with Gasteiger partial charge in [0.15, 0.2) is 11.5 Å². The number of benzene rings is 3. The zero-order valence-corrected chi connectivity index (χ0v) is 28.7. The number of anilines is 1. The molecule has 3 aromatic rings. The second-order valence-corrected chi connectivity index (χ2v) is 12.3. The van der Waals surface area contributed by atoms with Crippen molar-refractivity contribution in [3.8, 4) is 11.5 Å². The second kappa shape index (κ2) is 17.0. The lowest BCUT2D eigenvalue weighted by Gasteiger charge is -2.23. The highest BCUT2D eigenvalue weighted by Crippen LogP contribution is 2.45. The molecular weight excluding hydrogens is 584 g/mol. The zero-order chi connectivity index (χ0) is 32.3. The maximum absolute atomic E-state index is 11.4. The highest BCUT2D eigenvalue weighted by Gasteiger charge is 2.35. The van der Waals surface area contributed by atoms with Crippen LogP contribution in [0.3, 0.4) is 0 Å². The van der Waals surface area contributed by atoms with Gasteiger partial charge in [-0.15, -0.1) is 0 Å². The number of halogens is 1. The monoisotopic (exact) mass is 634 g/mol. The summed E-state index contributed by atoms with van der Waals surface area (Å²) in [5, 5.41) is 4.08. The van der Waals surface area contributed by atoms with Gasteiger partial charge in [0.05, 0.1) is 6.54 Å². The lowest BCUT2D eigenvalue weighted by molar-refractivity contribution is -0.109. The third kappa shape index (κ3) is 8.41. The fourth-order valence-corrected chi connectivity index (χ4v) is 7.18. The molecule has 3 atom stereocenters. The molecule has 1 N–H and O–H groups in total. The summed E-state index contributed by atoms with van der Waals surface area (Å²) in [6.07, 6.45) is 6.22. The average molecular weight is 635 g/mol. The quantitative estimate of drug-likeness (QED) is 0.150. The minimum Gasteiger partial charge on any atom is -0.454 e. The standard InChI is InChI=1S/C27H35NO4.C11H16ClN/c1-4-20(12-15-30-5-2)21-6-8-22(9-7-21)25-16-23(17-28(25)13-14-29)24-10-11-26-27(19(24)3)32-18-31-26;1-4-8-6-10(12)7-9(5-2)11(8)13-3/h6-11,14,20,23,25H,4-5,12-13,15-18H2,1-3H3;6-7,13H,4-5H2,1-3H3/t20?,23-,25-;/m1./s1. The van der Waals surface area contributed by atoms with E-state index in [1.165, 1.54) is 33.5 Å². The minimum absolute atomic E-state index is 0.243. The molecule has 0 saturated carbocycles. The fourth-order valence-electron chi connectivity index (χ4n) is 6.91. The van der Waals surface area contributed by atoms with Gasteiger partial charge in [0.25, 0.3) is 0 Å². The molecule has 1 unspecified atom stereocenters. The van der Waals surface area contributed by atoms with E-state index in [0.717, 1.165) is 80.2 Å². The highest BCUT2D eigenvalue weighted by molar-refractivity contribution is 6.30. The van der Waals surface area contributed by atoms with E-state index in [1.54, 1.807) is 0 Å². The van der Waals surface area contributed by atoms with Crippen molar-refractivity contribution in [1.29, 1.82) is 0 Å². The first-order valence-corrected chi connectivity index (χ1v) is 17.0. The third-order valence-electron chi connectivity index (χ3n) is 9.36. The molecule has 2 aliphatic heterocycles. The molecule has 1 saturated heterocycles. The van der Waals surface area contributed by atoms with Crippen LogP contribution in [0.15, 0.2) is 48.5 Å². The number of aryl methyl sites for hydroxylation is 2. The van der Waals surface area contributed by atoms with E-state index in [1.807, 2.05) is 32.2 Å². The molecule has 0 aromatic heterocycles. The zero-order valence-electron chi connectivity index (χ0n) is 28.0. The Hall–Kier alpha value is -3.06. The topological polar surface area (TPSA) is 60.0 Å². The van der Waals surface area contributed by atoms with Gasteiger partial charge in [-0.05, 0) is 109 Å². The van der Waals surface area contributed by atoms with Crippen molar-refractivity contribution in [3.05, 3.63) is 86.9 Å². The van der Waals surface area contributed by atoms with E-state index in [0.29, 0.717) is 25.2 Å². The second-order valence-electron chi connectivity index (χ2n) is 11.9. The molecule has 45 heavy (non-hydrogen) atoms. The van der Waals surface area contributed by atoms with Crippen molar-refractivity contribution in [3.63, 3.8) is 0 Å². The molecule has 3 aromatic carbocycles. The van der Waals surface area contributed by atoms with Crippen molar-refractivity contribution in [1.82, 2.24) is 4.90 Å². The normalized spacial score (nSPS) is 17.9. The van der Waals surface area contributed by atoms with Crippen LogP contribution in [0.4, 0.5) is 5.69 Å². The molecule has 0 amide bonds. The number of rotatable bonds is 13. The number of nitrogens with zero attached hydrogens (tertiary/aromatic N) is 1. The maximum atomic E-state index is 11.4. The summed E-state index contributed by atoms with van der Waals surface area (Å²) < 4.78 is 16.8. The summed E-state index contributed by atoms with van der Waals surface area (Å²) in [7, 11) is 1.96. The van der Waals surface area contributed by atoms with Gasteiger partial charge >= 0.3 is 0 Å². The molecule has 0 bridgehead atoms. The molecule has 6 nitrogen and oxygen atoms in total. The van der Waals surface area contributed by atoms with Crippen molar-refractivity contribution in [2.24, 2.45) is 0 Å². The largest absolute Gasteiger partial charge is 0.454 e. The van der Waals surface area contributed by atoms with Crippen LogP contribution < -0.4 is 14.8 Å². The Bertz CT molecular complexity index is 1370. The lowest BCUT2D eigenvalue weighted by atomic mass is 9.89. The first-order valence-electron chi connectivity index (χ1n) is 16.6. The van der Waals surface area contributed by atoms with Gasteiger partial charge in [-0.25, -0.2) is 0 Å². The molecule has 0 spiro atoms. The van der Waals surface area contributed by atoms with E-state index in [2.05, 4.69) is 68.2 Å². The number of likely N-dealkylation sites (tertiary alicyclic amines) is 1. The number of ether oxygens (including phenoxy) is 3. The first-order chi connectivity index (χ1) is 21.9. The van der Waals surface area contributed by atoms with Crippen molar-refractivity contribution in [2.45, 2.75) is 84.6 Å². The molecule has 0 aliphatic carbocycles. The predicted octanol–water partition coefficient (Wildman–Crippen LogP) is 8.88. The average Bonchev–Trinajstić information content (AvgIpc) is 3.71. The van der Waals surface area contributed by atoms with Gasteiger partial charge in [0.1, 0.15) is 6.29 Å². The number of aldehydes is 1. The SMILES string of the molecule is CCOCCC(CC)c1ccc([C@H]2C[C@@H](c3ccc4c(c3C)OCO4)CN2CC=O)cc1.CCc1cc(Cl)cc(CC)c1NC. The van der Waals surface area contributed by atoms with Crippen LogP contribution in [0.1, 0.15) is 98.2 Å². The van der Waals surface area contributed by atoms with Crippen LogP contribution in [0, 0.1) is 6.92 Å². The van der Waals surface area contributed by atoms with E-state index in [-0.39, 0.29) is 6.04 Å². The number of carbonyl (C=O) groups is 1. The molecule has 2 heterocycles. The van der Waals surface area contributed by atoms with Crippen LogP contribution >= 0.6 is 11.6 Å². The van der Waals surface area contributed by atoms with E-state index in [9.17, 15) is 4.79 Å². The van der Waals surface area contributed by atoms with Crippen molar-refractivity contribution in [2.75, 3.05) is 45.5 Å². The fraction of sp³-hybridized carbons (Fsp3) is 0.500. The summed E-state index contributed by atoms with van der Waals surface area (Å²) in [5.41, 5.74) is 8.96. The van der Waals surface area contributed by atoms with Crippen molar-refractivity contribution < 1.29 is 19.0 Å². The predicted molar refractivity (Wildman–Crippen MR) is 185 cm³/mol. The number of hydrogen-bond acceptors (Lipinski definition) is 6. The molecule has 1 fully saturated rings. The number of nitrogens with one attached hydrogen (secondary N) is 1. The molecule has 244 valence electrons. The lowest BCUT2D eigenvalue weighted by Crippen LogP contribution is -2.25. The Morgan fingerprint density at radius 3 is 2.36 bits per heavy atom. The van der Waals surface area contributed by atoms with Gasteiger partial charge in [-0.1, -0.05) is 62.7 Å². The van der Waals surface area contributed by atoms with E-state index in [4.69, 9.17) is 25.8 Å². The first kappa shape index (κ1) is 34.8. The smallest absolute Gasteiger partial charge is 0.231 e. The Labute approximate surface area is 275 Å². The minimum atomic E-state index is 0.243. The van der Waals surface area contributed by atoms with Gasteiger partial charge < -0.3 is 24.3 Å². The third-order valence-corrected chi connectivity index (χ3v) is 9.58. The van der Waals surface area contributed by atoms with Crippen LogP contribution in [0.25, 0.3) is 0 Å². The van der Waals surface area contributed by atoms with Gasteiger partial charge in [0, 0.05) is 43.6 Å². The summed E-state index contributed by atoms with van der Waals surface area (Å²) in [6, 6.07) is 17.6. The number of hydrogen-bond donors (Lipinski definition) is 1. The van der Waals surface area contributed by atoms with Crippen molar-refractivity contribution >= 4 is 23.6 Å². The van der Waals surface area contributed by atoms with Crippen LogP contribution in [0.2, 0.25) is 5.02 Å². The number of carbonyl (C=O) groups excluding carboxylic acids is 1. The Morgan fingerprint density at radius 2 is 1.76 bits per heavy atom. The summed E-state index contributed by atoms with van der Waals surface area (Å²) in [6.45, 7) is 13.9. The van der Waals surface area contributed by atoms with Crippen LogP contribution in [0.5, 0.6) is 11.5 Å². The summed E-state index contributed by atoms with van der Waals surface area (Å²) in [4.78, 5) is 13.7. The van der Waals surface area contributed by atoms with Crippen LogP contribution in [-0.4, -0.2) is 51.3 Å². The van der Waals surface area contributed by atoms with Gasteiger partial charge in [-0.2, -0.15) is 0 Å². The molecular formula is C38H51ClN2O4.